The quantitative estimate of drug-likeness (QED) is 0.165. The average molecular weight is 782 g/mol. The number of hydrogen-bond acceptors (Lipinski definition) is 0. The topological polar surface area (TPSA) is 0 Å². The molecule has 2 aliphatic rings. The van der Waals surface area contributed by atoms with Gasteiger partial charge in [-0.25, -0.2) is 0 Å². The molecule has 0 aromatic heterocycles. The summed E-state index contributed by atoms with van der Waals surface area (Å²) in [5.74, 6) is 0.801. The molecule has 0 amide bonds. The Hall–Kier alpha value is -2.09. The van der Waals surface area contributed by atoms with E-state index in [4.69, 9.17) is 0 Å². The van der Waals surface area contributed by atoms with Gasteiger partial charge in [0.05, 0.1) is 8.07 Å². The molecule has 2 bridgehead atoms. The molecule has 5 aromatic carbocycles. The SMILES string of the molecule is CC1=Cc2c(-c3ccc(C(C)(C)C)cc3)cc(C)cc2C1c1cc2[cH-]c(C(C)C)c3c2c(-c2ccc(C(C)(C)C)cc2)c1[Si]3(C)C.[Cl-].[Cl-].[Zr+3]. The van der Waals surface area contributed by atoms with Gasteiger partial charge in [0.2, 0.25) is 0 Å². The minimum absolute atomic E-state index is 0. The first-order valence-electron chi connectivity index (χ1n) is 17.3. The third kappa shape index (κ3) is 6.37. The molecule has 49 heavy (non-hydrogen) atoms. The summed E-state index contributed by atoms with van der Waals surface area (Å²) in [6.45, 7) is 28.5. The molecule has 7 rings (SSSR count). The fourth-order valence-electron chi connectivity index (χ4n) is 8.66. The van der Waals surface area contributed by atoms with Crippen molar-refractivity contribution in [2.24, 2.45) is 0 Å². The third-order valence-electron chi connectivity index (χ3n) is 11.0. The van der Waals surface area contributed by atoms with Crippen molar-refractivity contribution in [1.82, 2.24) is 0 Å². The number of aryl methyl sites for hydroxylation is 1. The number of fused-ring (bicyclic) bond motifs is 2. The number of hydrogen-bond donors (Lipinski definition) is 0. The summed E-state index contributed by atoms with van der Waals surface area (Å²) < 4.78 is 0. The van der Waals surface area contributed by atoms with Gasteiger partial charge in [-0.2, -0.15) is 0 Å². The van der Waals surface area contributed by atoms with Crippen molar-refractivity contribution >= 4 is 35.3 Å². The molecule has 1 unspecified atom stereocenters. The monoisotopic (exact) mass is 779 g/mol. The summed E-state index contributed by atoms with van der Waals surface area (Å²) in [6, 6.07) is 28.9. The van der Waals surface area contributed by atoms with E-state index in [2.05, 4.69) is 161 Å². The molecule has 0 nitrogen and oxygen atoms in total. The van der Waals surface area contributed by atoms with Crippen molar-refractivity contribution in [2.75, 3.05) is 0 Å². The molecule has 253 valence electrons. The van der Waals surface area contributed by atoms with E-state index < -0.39 is 8.07 Å². The fraction of sp³-hybridized carbons (Fsp3) is 0.356. The maximum absolute atomic E-state index is 2.62. The van der Waals surface area contributed by atoms with Crippen LogP contribution >= 0.6 is 0 Å². The van der Waals surface area contributed by atoms with Gasteiger partial charge in [0.15, 0.2) is 0 Å². The third-order valence-corrected chi connectivity index (χ3v) is 14.6. The van der Waals surface area contributed by atoms with E-state index in [1.54, 1.807) is 26.9 Å². The van der Waals surface area contributed by atoms with Crippen LogP contribution < -0.4 is 35.2 Å². The van der Waals surface area contributed by atoms with E-state index in [0.29, 0.717) is 5.92 Å². The fourth-order valence-corrected chi connectivity index (χ4v) is 12.7. The zero-order valence-corrected chi connectivity index (χ0v) is 36.4. The second kappa shape index (κ2) is 13.5. The van der Waals surface area contributed by atoms with Crippen LogP contribution in [0, 0.1) is 6.92 Å². The van der Waals surface area contributed by atoms with Crippen LogP contribution in [0.5, 0.6) is 0 Å². The largest absolute Gasteiger partial charge is 3.00 e. The summed E-state index contributed by atoms with van der Waals surface area (Å²) in [5.41, 5.74) is 17.5. The maximum atomic E-state index is 2.62. The van der Waals surface area contributed by atoms with Gasteiger partial charge in [0, 0.05) is 5.92 Å². The van der Waals surface area contributed by atoms with Crippen molar-refractivity contribution in [3.63, 3.8) is 0 Å². The molecular formula is C45H51Cl2SiZr. The molecule has 0 spiro atoms. The van der Waals surface area contributed by atoms with E-state index in [0.717, 1.165) is 0 Å². The zero-order chi connectivity index (χ0) is 33.1. The number of halogens is 2. The summed E-state index contributed by atoms with van der Waals surface area (Å²) in [4.78, 5) is 0. The standard InChI is InChI=1S/C45H51Si.2ClH.Zr/c1-26(2)34-24-31-25-38(43-40(41(31)42(34)46(43,11)12)30-15-19-33(20-16-30)45(8,9)10)39-28(4)23-36-35(21-27(3)22-37(36)39)29-13-17-32(18-14-29)44(5,6)7;;;/h13-26,39H,1-12H3;2*1H;/q-1;;;+3/p-2. The van der Waals surface area contributed by atoms with Crippen molar-refractivity contribution in [3.8, 4) is 22.3 Å². The van der Waals surface area contributed by atoms with Crippen LogP contribution in [0.2, 0.25) is 13.1 Å². The predicted octanol–water partition coefficient (Wildman–Crippen LogP) is 5.61. The smallest absolute Gasteiger partial charge is 1.00 e. The van der Waals surface area contributed by atoms with Crippen LogP contribution in [0.25, 0.3) is 39.1 Å². The van der Waals surface area contributed by atoms with Crippen LogP contribution in [-0.2, 0) is 37.0 Å². The van der Waals surface area contributed by atoms with Gasteiger partial charge >= 0.3 is 26.2 Å². The normalized spacial score (nSPS) is 15.9. The first-order chi connectivity index (χ1) is 21.5. The van der Waals surface area contributed by atoms with E-state index in [9.17, 15) is 0 Å². The summed E-state index contributed by atoms with van der Waals surface area (Å²) in [7, 11) is -2.00. The Bertz CT molecular complexity index is 2060. The molecule has 0 N–H and O–H groups in total. The van der Waals surface area contributed by atoms with Crippen LogP contribution in [-0.4, -0.2) is 8.07 Å². The van der Waals surface area contributed by atoms with Crippen molar-refractivity contribution in [2.45, 2.75) is 105 Å². The molecule has 5 aromatic rings. The van der Waals surface area contributed by atoms with Gasteiger partial charge in [0.25, 0.3) is 0 Å². The van der Waals surface area contributed by atoms with Gasteiger partial charge in [-0.3, -0.25) is 0 Å². The zero-order valence-electron chi connectivity index (χ0n) is 31.4. The Morgan fingerprint density at radius 3 is 1.73 bits per heavy atom. The Kier molecular flexibility index (Phi) is 10.9. The second-order valence-electron chi connectivity index (χ2n) is 17.2. The number of benzene rings is 4. The number of rotatable bonds is 4. The van der Waals surface area contributed by atoms with Gasteiger partial charge in [-0.05, 0) is 69.5 Å². The average Bonchev–Trinajstić information content (AvgIpc) is 3.58. The molecule has 0 saturated carbocycles. The van der Waals surface area contributed by atoms with Gasteiger partial charge in [-0.1, -0.05) is 163 Å². The molecule has 4 heteroatoms. The minimum atomic E-state index is -2.00. The van der Waals surface area contributed by atoms with E-state index >= 15 is 0 Å². The van der Waals surface area contributed by atoms with Gasteiger partial charge < -0.3 is 24.8 Å². The second-order valence-corrected chi connectivity index (χ2v) is 21.5. The Labute approximate surface area is 328 Å². The Morgan fingerprint density at radius 1 is 0.694 bits per heavy atom. The first-order valence-corrected chi connectivity index (χ1v) is 20.3. The van der Waals surface area contributed by atoms with Gasteiger partial charge in [-0.15, -0.1) is 33.7 Å². The summed E-state index contributed by atoms with van der Waals surface area (Å²) in [6.07, 6.45) is 2.50. The Balaban J connectivity index is 0.00000180. The van der Waals surface area contributed by atoms with E-state index in [-0.39, 0.29) is 67.8 Å². The van der Waals surface area contributed by atoms with E-state index in [1.165, 1.54) is 61.0 Å². The van der Waals surface area contributed by atoms with Crippen molar-refractivity contribution in [1.29, 1.82) is 0 Å². The molecular weight excluding hydrogens is 731 g/mol. The van der Waals surface area contributed by atoms with Crippen LogP contribution in [0.15, 0.2) is 78.4 Å². The van der Waals surface area contributed by atoms with Crippen LogP contribution in [0.3, 0.4) is 0 Å². The predicted molar refractivity (Wildman–Crippen MR) is 205 cm³/mol. The molecule has 1 atom stereocenters. The van der Waals surface area contributed by atoms with E-state index in [1.807, 2.05) is 0 Å². The molecule has 1 heterocycles. The van der Waals surface area contributed by atoms with Crippen molar-refractivity contribution < 1.29 is 51.0 Å². The van der Waals surface area contributed by atoms with Crippen molar-refractivity contribution in [3.05, 3.63) is 117 Å². The molecule has 0 saturated heterocycles. The summed E-state index contributed by atoms with van der Waals surface area (Å²) in [5, 5.41) is 6.35. The van der Waals surface area contributed by atoms with Crippen LogP contribution in [0.4, 0.5) is 0 Å². The van der Waals surface area contributed by atoms with Gasteiger partial charge in [0.1, 0.15) is 0 Å². The number of allylic oxidation sites excluding steroid dienone is 1. The molecule has 1 aliphatic heterocycles. The Morgan fingerprint density at radius 2 is 1.22 bits per heavy atom. The first kappa shape index (κ1) is 39.7. The van der Waals surface area contributed by atoms with Crippen LogP contribution in [0.1, 0.15) is 113 Å². The molecule has 1 aliphatic carbocycles. The molecule has 1 radical (unpaired) electrons. The summed E-state index contributed by atoms with van der Waals surface area (Å²) >= 11 is 0. The maximum Gasteiger partial charge on any atom is 3.00 e. The minimum Gasteiger partial charge on any atom is -1.00 e. The molecule has 0 fully saturated rings.